The van der Waals surface area contributed by atoms with Crippen molar-refractivity contribution in [3.05, 3.63) is 54.6 Å². The number of hydrogen-bond acceptors (Lipinski definition) is 5. The minimum absolute atomic E-state index is 0.127. The first kappa shape index (κ1) is 12.0. The molecule has 0 aliphatic carbocycles. The Morgan fingerprint density at radius 3 is 2.75 bits per heavy atom. The third kappa shape index (κ3) is 2.39. The lowest BCUT2D eigenvalue weighted by Gasteiger charge is -2.05. The molecule has 0 amide bonds. The number of carbonyl (C=O) groups is 1. The SMILES string of the molecule is O=C(O)c1cnc(Oc2ccc3cccnc3c2)cn1. The number of nitrogens with zero attached hydrogens (tertiary/aromatic N) is 3. The van der Waals surface area contributed by atoms with E-state index in [4.69, 9.17) is 9.84 Å². The van der Waals surface area contributed by atoms with E-state index in [2.05, 4.69) is 15.0 Å². The molecular formula is C14H9N3O3. The molecule has 2 aromatic heterocycles. The smallest absolute Gasteiger partial charge is 0.356 e. The molecule has 1 N–H and O–H groups in total. The van der Waals surface area contributed by atoms with Gasteiger partial charge in [0.05, 0.1) is 17.9 Å². The van der Waals surface area contributed by atoms with Gasteiger partial charge in [-0.15, -0.1) is 0 Å². The molecule has 0 unspecified atom stereocenters. The van der Waals surface area contributed by atoms with Gasteiger partial charge in [-0.3, -0.25) is 4.98 Å². The lowest BCUT2D eigenvalue weighted by molar-refractivity contribution is 0.0690. The second-order valence-electron chi connectivity index (χ2n) is 4.00. The molecule has 1 aromatic carbocycles. The summed E-state index contributed by atoms with van der Waals surface area (Å²) in [7, 11) is 0. The van der Waals surface area contributed by atoms with E-state index in [9.17, 15) is 4.79 Å². The third-order valence-corrected chi connectivity index (χ3v) is 2.65. The van der Waals surface area contributed by atoms with E-state index in [1.165, 1.54) is 6.20 Å². The summed E-state index contributed by atoms with van der Waals surface area (Å²) in [6.45, 7) is 0. The highest BCUT2D eigenvalue weighted by Gasteiger charge is 2.06. The standard InChI is InChI=1S/C14H9N3O3/c18-14(19)12-7-17-13(8-16-12)20-10-4-3-9-2-1-5-15-11(9)6-10/h1-8H,(H,18,19). The van der Waals surface area contributed by atoms with Gasteiger partial charge in [0.25, 0.3) is 0 Å². The predicted molar refractivity (Wildman–Crippen MR) is 70.8 cm³/mol. The maximum absolute atomic E-state index is 10.7. The van der Waals surface area contributed by atoms with Crippen molar-refractivity contribution in [3.8, 4) is 11.6 Å². The minimum Gasteiger partial charge on any atom is -0.476 e. The molecule has 0 bridgehead atoms. The minimum atomic E-state index is -1.13. The van der Waals surface area contributed by atoms with Gasteiger partial charge in [-0.2, -0.15) is 0 Å². The largest absolute Gasteiger partial charge is 0.476 e. The van der Waals surface area contributed by atoms with Crippen molar-refractivity contribution in [1.82, 2.24) is 15.0 Å². The molecule has 6 nitrogen and oxygen atoms in total. The van der Waals surface area contributed by atoms with Gasteiger partial charge >= 0.3 is 5.97 Å². The Kier molecular flexibility index (Phi) is 2.96. The number of rotatable bonds is 3. The highest BCUT2D eigenvalue weighted by molar-refractivity contribution is 5.84. The van der Waals surface area contributed by atoms with E-state index in [1.807, 2.05) is 18.2 Å². The number of pyridine rings is 1. The molecule has 3 rings (SSSR count). The maximum Gasteiger partial charge on any atom is 0.356 e. The van der Waals surface area contributed by atoms with Crippen LogP contribution in [0.25, 0.3) is 10.9 Å². The molecule has 6 heteroatoms. The van der Waals surface area contributed by atoms with E-state index < -0.39 is 5.97 Å². The van der Waals surface area contributed by atoms with Gasteiger partial charge in [0.15, 0.2) is 5.69 Å². The number of aromatic nitrogens is 3. The molecule has 0 saturated heterocycles. The van der Waals surface area contributed by atoms with Gasteiger partial charge in [0, 0.05) is 17.6 Å². The van der Waals surface area contributed by atoms with E-state index >= 15 is 0 Å². The van der Waals surface area contributed by atoms with Crippen LogP contribution in [0.15, 0.2) is 48.9 Å². The molecule has 0 radical (unpaired) electrons. The average Bonchev–Trinajstić information content (AvgIpc) is 2.48. The second-order valence-corrected chi connectivity index (χ2v) is 4.00. The van der Waals surface area contributed by atoms with Crippen molar-refractivity contribution >= 4 is 16.9 Å². The molecule has 98 valence electrons. The number of carboxylic acids is 1. The number of carboxylic acid groups (broad SMARTS) is 1. The summed E-state index contributed by atoms with van der Waals surface area (Å²) in [5.41, 5.74) is 0.678. The summed E-state index contributed by atoms with van der Waals surface area (Å²) in [6, 6.07) is 9.27. The van der Waals surface area contributed by atoms with Crippen molar-refractivity contribution in [1.29, 1.82) is 0 Å². The number of ether oxygens (including phenoxy) is 1. The topological polar surface area (TPSA) is 85.2 Å². The van der Waals surface area contributed by atoms with Gasteiger partial charge in [-0.1, -0.05) is 6.07 Å². The Labute approximate surface area is 113 Å². The summed E-state index contributed by atoms with van der Waals surface area (Å²) in [5.74, 6) is -0.335. The van der Waals surface area contributed by atoms with Crippen LogP contribution in [0.5, 0.6) is 11.6 Å². The predicted octanol–water partition coefficient (Wildman–Crippen LogP) is 2.52. The molecule has 20 heavy (non-hydrogen) atoms. The Hall–Kier alpha value is -3.02. The van der Waals surface area contributed by atoms with Crippen molar-refractivity contribution in [2.45, 2.75) is 0 Å². The monoisotopic (exact) mass is 267 g/mol. The molecule has 3 aromatic rings. The highest BCUT2D eigenvalue weighted by atomic mass is 16.5. The van der Waals surface area contributed by atoms with Crippen LogP contribution in [0.3, 0.4) is 0 Å². The fourth-order valence-corrected chi connectivity index (χ4v) is 1.71. The van der Waals surface area contributed by atoms with Crippen LogP contribution < -0.4 is 4.74 Å². The number of fused-ring (bicyclic) bond motifs is 1. The van der Waals surface area contributed by atoms with E-state index in [0.717, 1.165) is 17.1 Å². The fraction of sp³-hybridized carbons (Fsp3) is 0. The Morgan fingerprint density at radius 1 is 1.10 bits per heavy atom. The first-order valence-corrected chi connectivity index (χ1v) is 5.80. The van der Waals surface area contributed by atoms with Gasteiger partial charge in [0.2, 0.25) is 5.88 Å². The zero-order valence-corrected chi connectivity index (χ0v) is 10.2. The molecule has 0 fully saturated rings. The lowest BCUT2D eigenvalue weighted by atomic mass is 10.2. The molecule has 0 aliphatic heterocycles. The summed E-state index contributed by atoms with van der Waals surface area (Å²) in [6.07, 6.45) is 4.12. The van der Waals surface area contributed by atoms with Gasteiger partial charge in [-0.25, -0.2) is 14.8 Å². The van der Waals surface area contributed by atoms with Crippen LogP contribution in [0.1, 0.15) is 10.5 Å². The number of hydrogen-bond donors (Lipinski definition) is 1. The van der Waals surface area contributed by atoms with Crippen molar-refractivity contribution in [2.75, 3.05) is 0 Å². The summed E-state index contributed by atoms with van der Waals surface area (Å²) in [5, 5.41) is 9.74. The number of benzene rings is 1. The Morgan fingerprint density at radius 2 is 2.00 bits per heavy atom. The normalized spacial score (nSPS) is 10.4. The van der Waals surface area contributed by atoms with Crippen LogP contribution in [0, 0.1) is 0 Å². The third-order valence-electron chi connectivity index (χ3n) is 2.65. The summed E-state index contributed by atoms with van der Waals surface area (Å²) >= 11 is 0. The zero-order valence-electron chi connectivity index (χ0n) is 10.2. The van der Waals surface area contributed by atoms with E-state index in [1.54, 1.807) is 18.3 Å². The molecule has 0 aliphatic rings. The molecule has 0 spiro atoms. The first-order valence-electron chi connectivity index (χ1n) is 5.80. The highest BCUT2D eigenvalue weighted by Crippen LogP contribution is 2.22. The Balaban J connectivity index is 1.87. The van der Waals surface area contributed by atoms with Crippen LogP contribution in [0.4, 0.5) is 0 Å². The van der Waals surface area contributed by atoms with Crippen LogP contribution >= 0.6 is 0 Å². The number of aromatic carboxylic acids is 1. The van der Waals surface area contributed by atoms with E-state index in [0.29, 0.717) is 5.75 Å². The molecule has 0 saturated carbocycles. The fourth-order valence-electron chi connectivity index (χ4n) is 1.71. The van der Waals surface area contributed by atoms with Crippen molar-refractivity contribution < 1.29 is 14.6 Å². The summed E-state index contributed by atoms with van der Waals surface area (Å²) in [4.78, 5) is 22.5. The van der Waals surface area contributed by atoms with Gasteiger partial charge in [0.1, 0.15) is 5.75 Å². The molecule has 2 heterocycles. The maximum atomic E-state index is 10.7. The second kappa shape index (κ2) is 4.93. The molecule has 0 atom stereocenters. The van der Waals surface area contributed by atoms with E-state index in [-0.39, 0.29) is 11.6 Å². The van der Waals surface area contributed by atoms with Crippen molar-refractivity contribution in [2.24, 2.45) is 0 Å². The zero-order chi connectivity index (χ0) is 13.9. The van der Waals surface area contributed by atoms with Gasteiger partial charge in [-0.05, 0) is 18.2 Å². The quantitative estimate of drug-likeness (QED) is 0.784. The van der Waals surface area contributed by atoms with Gasteiger partial charge < -0.3 is 9.84 Å². The lowest BCUT2D eigenvalue weighted by Crippen LogP contribution is -2.01. The van der Waals surface area contributed by atoms with Crippen LogP contribution in [0.2, 0.25) is 0 Å². The molecular weight excluding hydrogens is 258 g/mol. The van der Waals surface area contributed by atoms with Crippen LogP contribution in [-0.4, -0.2) is 26.0 Å². The van der Waals surface area contributed by atoms with Crippen molar-refractivity contribution in [3.63, 3.8) is 0 Å². The Bertz CT molecular complexity index is 772. The first-order chi connectivity index (χ1) is 9.72. The summed E-state index contributed by atoms with van der Waals surface area (Å²) < 4.78 is 5.51. The average molecular weight is 267 g/mol. The van der Waals surface area contributed by atoms with Crippen LogP contribution in [-0.2, 0) is 0 Å².